The molecule has 0 bridgehead atoms. The van der Waals surface area contributed by atoms with E-state index in [0.717, 1.165) is 12.1 Å². The molecular formula is C15H19N3OS. The van der Waals surface area contributed by atoms with Gasteiger partial charge in [-0.25, -0.2) is 4.98 Å². The normalized spacial score (nSPS) is 10.3. The molecule has 0 saturated heterocycles. The number of aromatic nitrogens is 1. The van der Waals surface area contributed by atoms with E-state index in [1.165, 1.54) is 9.75 Å². The number of amides is 1. The van der Waals surface area contributed by atoms with Crippen LogP contribution in [-0.4, -0.2) is 17.9 Å². The quantitative estimate of drug-likeness (QED) is 0.889. The third kappa shape index (κ3) is 3.57. The number of thiophene rings is 1. The lowest BCUT2D eigenvalue weighted by Gasteiger charge is -2.07. The monoisotopic (exact) mass is 289 g/mol. The molecule has 2 aromatic rings. The first-order valence-corrected chi connectivity index (χ1v) is 7.46. The van der Waals surface area contributed by atoms with Gasteiger partial charge in [0, 0.05) is 28.1 Å². The standard InChI is InChI=1S/C15H19N3OS/c1-4-12-5-6-13(20-12)9-17-15(19)11-7-10(2)18-14(8-11)16-3/h5-8H,4,9H2,1-3H3,(H,16,18)(H,17,19). The minimum absolute atomic E-state index is 0.0709. The van der Waals surface area contributed by atoms with Crippen molar-refractivity contribution in [3.8, 4) is 0 Å². The second-order valence-corrected chi connectivity index (χ2v) is 5.79. The maximum atomic E-state index is 12.2. The molecule has 0 aliphatic carbocycles. The third-order valence-corrected chi connectivity index (χ3v) is 4.19. The molecular weight excluding hydrogens is 270 g/mol. The SMILES string of the molecule is CCc1ccc(CNC(=O)c2cc(C)nc(NC)c2)s1. The number of carbonyl (C=O) groups excluding carboxylic acids is 1. The Morgan fingerprint density at radius 3 is 2.70 bits per heavy atom. The molecule has 4 nitrogen and oxygen atoms in total. The van der Waals surface area contributed by atoms with E-state index in [0.29, 0.717) is 17.9 Å². The Bertz CT molecular complexity index is 607. The number of aryl methyl sites for hydroxylation is 2. The largest absolute Gasteiger partial charge is 0.373 e. The van der Waals surface area contributed by atoms with Gasteiger partial charge in [0.15, 0.2) is 0 Å². The minimum Gasteiger partial charge on any atom is -0.373 e. The van der Waals surface area contributed by atoms with Gasteiger partial charge in [-0.15, -0.1) is 11.3 Å². The molecule has 0 aromatic carbocycles. The molecule has 20 heavy (non-hydrogen) atoms. The average molecular weight is 289 g/mol. The lowest BCUT2D eigenvalue weighted by atomic mass is 10.2. The van der Waals surface area contributed by atoms with Crippen molar-refractivity contribution in [2.45, 2.75) is 26.8 Å². The Morgan fingerprint density at radius 2 is 2.05 bits per heavy atom. The van der Waals surface area contributed by atoms with Crippen molar-refractivity contribution in [2.24, 2.45) is 0 Å². The van der Waals surface area contributed by atoms with Crippen LogP contribution in [0.25, 0.3) is 0 Å². The summed E-state index contributed by atoms with van der Waals surface area (Å²) >= 11 is 1.74. The first-order valence-electron chi connectivity index (χ1n) is 6.64. The summed E-state index contributed by atoms with van der Waals surface area (Å²) in [6.45, 7) is 4.58. The van der Waals surface area contributed by atoms with E-state index in [9.17, 15) is 4.79 Å². The number of carbonyl (C=O) groups is 1. The first kappa shape index (κ1) is 14.5. The van der Waals surface area contributed by atoms with Crippen LogP contribution in [0.1, 0.15) is 32.7 Å². The molecule has 2 heterocycles. The van der Waals surface area contributed by atoms with Crippen LogP contribution >= 0.6 is 11.3 Å². The van der Waals surface area contributed by atoms with Gasteiger partial charge in [0.05, 0.1) is 6.54 Å². The molecule has 0 spiro atoms. The van der Waals surface area contributed by atoms with Crippen LogP contribution < -0.4 is 10.6 Å². The van der Waals surface area contributed by atoms with Crippen molar-refractivity contribution in [3.63, 3.8) is 0 Å². The van der Waals surface area contributed by atoms with Crippen LogP contribution in [0.15, 0.2) is 24.3 Å². The van der Waals surface area contributed by atoms with Gasteiger partial charge >= 0.3 is 0 Å². The van der Waals surface area contributed by atoms with Crippen molar-refractivity contribution in [3.05, 3.63) is 45.3 Å². The molecule has 5 heteroatoms. The molecule has 2 rings (SSSR count). The molecule has 0 atom stereocenters. The van der Waals surface area contributed by atoms with Crippen LogP contribution in [0.5, 0.6) is 0 Å². The number of anilines is 1. The Hall–Kier alpha value is -1.88. The Kier molecular flexibility index (Phi) is 4.74. The van der Waals surface area contributed by atoms with Crippen LogP contribution in [0, 0.1) is 6.92 Å². The summed E-state index contributed by atoms with van der Waals surface area (Å²) in [4.78, 5) is 18.9. The van der Waals surface area contributed by atoms with Crippen LogP contribution in [-0.2, 0) is 13.0 Å². The number of pyridine rings is 1. The highest BCUT2D eigenvalue weighted by Gasteiger charge is 2.08. The molecule has 0 radical (unpaired) electrons. The number of nitrogens with zero attached hydrogens (tertiary/aromatic N) is 1. The number of nitrogens with one attached hydrogen (secondary N) is 2. The second-order valence-electron chi connectivity index (χ2n) is 4.54. The fraction of sp³-hybridized carbons (Fsp3) is 0.333. The average Bonchev–Trinajstić information content (AvgIpc) is 2.92. The fourth-order valence-corrected chi connectivity index (χ4v) is 2.80. The van der Waals surface area contributed by atoms with Crippen LogP contribution in [0.3, 0.4) is 0 Å². The first-order chi connectivity index (χ1) is 9.62. The molecule has 0 saturated carbocycles. The highest BCUT2D eigenvalue weighted by atomic mass is 32.1. The molecule has 0 unspecified atom stereocenters. The van der Waals surface area contributed by atoms with E-state index >= 15 is 0 Å². The van der Waals surface area contributed by atoms with Gasteiger partial charge in [0.2, 0.25) is 0 Å². The van der Waals surface area contributed by atoms with E-state index in [2.05, 4.69) is 34.7 Å². The molecule has 0 aliphatic heterocycles. The summed E-state index contributed by atoms with van der Waals surface area (Å²) in [6, 6.07) is 7.73. The number of rotatable bonds is 5. The van der Waals surface area contributed by atoms with Crippen LogP contribution in [0.4, 0.5) is 5.82 Å². The maximum Gasteiger partial charge on any atom is 0.251 e. The van der Waals surface area contributed by atoms with Crippen molar-refractivity contribution in [1.29, 1.82) is 0 Å². The van der Waals surface area contributed by atoms with E-state index in [-0.39, 0.29) is 5.91 Å². The minimum atomic E-state index is -0.0709. The van der Waals surface area contributed by atoms with Crippen molar-refractivity contribution in [1.82, 2.24) is 10.3 Å². The zero-order valence-corrected chi connectivity index (χ0v) is 12.8. The van der Waals surface area contributed by atoms with Gasteiger partial charge in [-0.1, -0.05) is 6.92 Å². The van der Waals surface area contributed by atoms with Crippen molar-refractivity contribution >= 4 is 23.1 Å². The van der Waals surface area contributed by atoms with Gasteiger partial charge in [0.25, 0.3) is 5.91 Å². The van der Waals surface area contributed by atoms with Crippen molar-refractivity contribution in [2.75, 3.05) is 12.4 Å². The Morgan fingerprint density at radius 1 is 1.30 bits per heavy atom. The summed E-state index contributed by atoms with van der Waals surface area (Å²) in [6.07, 6.45) is 1.04. The van der Waals surface area contributed by atoms with E-state index in [1.807, 2.05) is 6.92 Å². The summed E-state index contributed by atoms with van der Waals surface area (Å²) in [7, 11) is 1.79. The predicted molar refractivity (Wildman–Crippen MR) is 83.4 cm³/mol. The molecule has 2 N–H and O–H groups in total. The lowest BCUT2D eigenvalue weighted by molar-refractivity contribution is 0.0951. The van der Waals surface area contributed by atoms with E-state index in [1.54, 1.807) is 30.5 Å². The predicted octanol–water partition coefficient (Wildman–Crippen LogP) is 2.99. The van der Waals surface area contributed by atoms with E-state index in [4.69, 9.17) is 0 Å². The summed E-state index contributed by atoms with van der Waals surface area (Å²) in [5.41, 5.74) is 1.46. The highest BCUT2D eigenvalue weighted by molar-refractivity contribution is 7.11. The smallest absolute Gasteiger partial charge is 0.251 e. The topological polar surface area (TPSA) is 54.0 Å². The molecule has 1 amide bonds. The molecule has 106 valence electrons. The molecule has 2 aromatic heterocycles. The summed E-state index contributed by atoms with van der Waals surface area (Å²) in [5, 5.41) is 5.91. The zero-order chi connectivity index (χ0) is 14.5. The molecule has 0 fully saturated rings. The van der Waals surface area contributed by atoms with E-state index < -0.39 is 0 Å². The zero-order valence-electron chi connectivity index (χ0n) is 12.0. The summed E-state index contributed by atoms with van der Waals surface area (Å²) in [5.74, 6) is 0.637. The van der Waals surface area contributed by atoms with Crippen LogP contribution in [0.2, 0.25) is 0 Å². The Balaban J connectivity index is 2.02. The lowest BCUT2D eigenvalue weighted by Crippen LogP contribution is -2.22. The van der Waals surface area contributed by atoms with Gasteiger partial charge in [-0.3, -0.25) is 4.79 Å². The van der Waals surface area contributed by atoms with Gasteiger partial charge in [0.1, 0.15) is 5.82 Å². The third-order valence-electron chi connectivity index (χ3n) is 2.96. The highest BCUT2D eigenvalue weighted by Crippen LogP contribution is 2.17. The number of hydrogen-bond acceptors (Lipinski definition) is 4. The summed E-state index contributed by atoms with van der Waals surface area (Å²) < 4.78 is 0. The van der Waals surface area contributed by atoms with Gasteiger partial charge in [-0.05, 0) is 37.6 Å². The number of hydrogen-bond donors (Lipinski definition) is 2. The Labute approximate surface area is 123 Å². The molecule has 0 aliphatic rings. The van der Waals surface area contributed by atoms with Gasteiger partial charge < -0.3 is 10.6 Å². The van der Waals surface area contributed by atoms with Crippen molar-refractivity contribution < 1.29 is 4.79 Å². The second kappa shape index (κ2) is 6.52. The van der Waals surface area contributed by atoms with Gasteiger partial charge in [-0.2, -0.15) is 0 Å². The fourth-order valence-electron chi connectivity index (χ4n) is 1.90. The maximum absolute atomic E-state index is 12.2.